The maximum absolute atomic E-state index is 11.0. The zero-order chi connectivity index (χ0) is 8.15. The van der Waals surface area contributed by atoms with Crippen LogP contribution in [-0.2, 0) is 4.57 Å². The lowest BCUT2D eigenvalue weighted by Crippen LogP contribution is -2.04. The molecule has 0 radical (unpaired) electrons. The Kier molecular flexibility index (Phi) is 4.34. The zero-order valence-corrected chi connectivity index (χ0v) is 7.16. The summed E-state index contributed by atoms with van der Waals surface area (Å²) in [5, 5.41) is 17.2. The van der Waals surface area contributed by atoms with Crippen LogP contribution in [-0.4, -0.2) is 16.6 Å². The predicted molar refractivity (Wildman–Crippen MR) is 40.4 cm³/mol. The van der Waals surface area contributed by atoms with Gasteiger partial charge in [0.05, 0.1) is 11.7 Å². The van der Waals surface area contributed by atoms with Gasteiger partial charge in [0, 0.05) is 0 Å². The van der Waals surface area contributed by atoms with Gasteiger partial charge in [-0.25, -0.2) is 0 Å². The van der Waals surface area contributed by atoms with E-state index in [-0.39, 0.29) is 0 Å². The van der Waals surface area contributed by atoms with E-state index in [1.54, 1.807) is 6.92 Å². The molecule has 0 aromatic heterocycles. The summed E-state index contributed by atoms with van der Waals surface area (Å²) in [5.74, 6) is -0.824. The first-order valence-corrected chi connectivity index (χ1v) is 4.81. The summed E-state index contributed by atoms with van der Waals surface area (Å²) >= 11 is 0. The Hall–Kier alpha value is -0.320. The third-order valence-electron chi connectivity index (χ3n) is 1.32. The van der Waals surface area contributed by atoms with E-state index in [9.17, 15) is 4.57 Å². The molecular formula is C6H12NO2P. The Balaban J connectivity index is 4.06. The number of hydrogen-bond donors (Lipinski definition) is 1. The lowest BCUT2D eigenvalue weighted by Gasteiger charge is -2.07. The lowest BCUT2D eigenvalue weighted by molar-refractivity contribution is 0.270. The minimum absolute atomic E-state index is 0.454. The van der Waals surface area contributed by atoms with Gasteiger partial charge in [-0.2, -0.15) is 5.26 Å². The third kappa shape index (κ3) is 2.51. The Morgan fingerprint density at radius 2 is 2.30 bits per heavy atom. The molecule has 58 valence electrons. The van der Waals surface area contributed by atoms with Crippen molar-refractivity contribution in [2.45, 2.75) is 31.8 Å². The molecule has 1 N–H and O–H groups in total. The first-order valence-electron chi connectivity index (χ1n) is 3.24. The zero-order valence-electron chi connectivity index (χ0n) is 6.16. The predicted octanol–water partition coefficient (Wildman–Crippen LogP) is 1.19. The van der Waals surface area contributed by atoms with Crippen LogP contribution in [0.25, 0.3) is 0 Å². The second-order valence-electron chi connectivity index (χ2n) is 2.17. The third-order valence-corrected chi connectivity index (χ3v) is 3.37. The molecule has 0 spiro atoms. The summed E-state index contributed by atoms with van der Waals surface area (Å²) < 4.78 is 11.0. The second kappa shape index (κ2) is 4.49. The lowest BCUT2D eigenvalue weighted by atomic mass is 10.4. The van der Waals surface area contributed by atoms with Gasteiger partial charge in [-0.1, -0.05) is 6.92 Å². The molecule has 0 rings (SSSR count). The Bertz CT molecular complexity index is 162. The summed E-state index contributed by atoms with van der Waals surface area (Å²) in [5.41, 5.74) is -0.454. The molecule has 0 fully saturated rings. The minimum atomic E-state index is -2.10. The average molecular weight is 161 g/mol. The van der Waals surface area contributed by atoms with Gasteiger partial charge >= 0.3 is 0 Å². The van der Waals surface area contributed by atoms with Crippen LogP contribution in [0.3, 0.4) is 0 Å². The Morgan fingerprint density at radius 3 is 2.40 bits per heavy atom. The van der Waals surface area contributed by atoms with Crippen molar-refractivity contribution in [3.05, 3.63) is 0 Å². The molecule has 3 unspecified atom stereocenters. The van der Waals surface area contributed by atoms with E-state index >= 15 is 0 Å². The van der Waals surface area contributed by atoms with E-state index in [0.29, 0.717) is 6.42 Å². The van der Waals surface area contributed by atoms with Crippen LogP contribution in [0.5, 0.6) is 0 Å². The highest BCUT2D eigenvalue weighted by atomic mass is 31.1. The maximum atomic E-state index is 11.0. The fourth-order valence-electron chi connectivity index (χ4n) is 0.647. The van der Waals surface area contributed by atoms with Crippen molar-refractivity contribution < 1.29 is 9.67 Å². The van der Waals surface area contributed by atoms with Crippen LogP contribution in [0, 0.1) is 11.3 Å². The first-order chi connectivity index (χ1) is 4.63. The molecule has 3 nitrogen and oxygen atoms in total. The smallest absolute Gasteiger partial charge is 0.119 e. The van der Waals surface area contributed by atoms with Gasteiger partial charge in [0.15, 0.2) is 0 Å². The molecule has 0 saturated heterocycles. The molecule has 4 heteroatoms. The second-order valence-corrected chi connectivity index (χ2v) is 4.51. The standard InChI is InChI=1S/C6H12NO2P/c1-3-6(4-7)10(9)5(2)8/h5-6,8,10H,3H2,1-2H3. The van der Waals surface area contributed by atoms with Gasteiger partial charge in [-0.3, -0.25) is 0 Å². The highest BCUT2D eigenvalue weighted by Gasteiger charge is 2.17. The van der Waals surface area contributed by atoms with Crippen molar-refractivity contribution in [3.8, 4) is 6.07 Å². The molecular weight excluding hydrogens is 149 g/mol. The average Bonchev–Trinajstić information content (AvgIpc) is 1.90. The Morgan fingerprint density at radius 1 is 1.80 bits per heavy atom. The summed E-state index contributed by atoms with van der Waals surface area (Å²) in [4.78, 5) is 0. The number of nitriles is 1. The molecule has 0 saturated carbocycles. The van der Waals surface area contributed by atoms with E-state index in [4.69, 9.17) is 10.4 Å². The largest absolute Gasteiger partial charge is 0.386 e. The van der Waals surface area contributed by atoms with Crippen LogP contribution in [0.15, 0.2) is 0 Å². The van der Waals surface area contributed by atoms with Gasteiger partial charge < -0.3 is 9.67 Å². The van der Waals surface area contributed by atoms with Crippen molar-refractivity contribution in [3.63, 3.8) is 0 Å². The van der Waals surface area contributed by atoms with Crippen molar-refractivity contribution in [2.75, 3.05) is 0 Å². The first kappa shape index (κ1) is 9.68. The molecule has 3 atom stereocenters. The molecule has 0 aliphatic rings. The van der Waals surface area contributed by atoms with E-state index in [2.05, 4.69) is 0 Å². The maximum Gasteiger partial charge on any atom is 0.119 e. The SMILES string of the molecule is CCC(C#N)[PH](=O)C(C)O. The topological polar surface area (TPSA) is 61.1 Å². The van der Waals surface area contributed by atoms with Crippen molar-refractivity contribution in [1.82, 2.24) is 0 Å². The number of aliphatic hydroxyl groups is 1. The van der Waals surface area contributed by atoms with E-state index in [1.807, 2.05) is 6.07 Å². The molecule has 0 aliphatic carbocycles. The van der Waals surface area contributed by atoms with Gasteiger partial charge in [0.2, 0.25) is 0 Å². The van der Waals surface area contributed by atoms with Crippen LogP contribution in [0.4, 0.5) is 0 Å². The molecule has 0 aromatic rings. The van der Waals surface area contributed by atoms with Crippen molar-refractivity contribution >= 4 is 7.80 Å². The fourth-order valence-corrected chi connectivity index (χ4v) is 1.76. The fraction of sp³-hybridized carbons (Fsp3) is 0.833. The van der Waals surface area contributed by atoms with E-state index in [1.165, 1.54) is 6.92 Å². The molecule has 0 heterocycles. The quantitative estimate of drug-likeness (QED) is 0.632. The monoisotopic (exact) mass is 161 g/mol. The van der Waals surface area contributed by atoms with Crippen molar-refractivity contribution in [1.29, 1.82) is 5.26 Å². The highest BCUT2D eigenvalue weighted by molar-refractivity contribution is 7.46. The molecule has 0 amide bonds. The molecule has 0 aliphatic heterocycles. The van der Waals surface area contributed by atoms with Crippen LogP contribution < -0.4 is 0 Å². The summed E-state index contributed by atoms with van der Waals surface area (Å²) in [6.45, 7) is 3.25. The molecule has 0 aromatic carbocycles. The number of nitrogens with zero attached hydrogens (tertiary/aromatic N) is 1. The summed E-state index contributed by atoms with van der Waals surface area (Å²) in [6, 6.07) is 1.91. The minimum Gasteiger partial charge on any atom is -0.386 e. The molecule has 0 bridgehead atoms. The number of hydrogen-bond acceptors (Lipinski definition) is 3. The van der Waals surface area contributed by atoms with Gasteiger partial charge in [-0.15, -0.1) is 0 Å². The Labute approximate surface area is 61.5 Å². The van der Waals surface area contributed by atoms with Crippen LogP contribution >= 0.6 is 7.80 Å². The van der Waals surface area contributed by atoms with E-state index in [0.717, 1.165) is 0 Å². The van der Waals surface area contributed by atoms with Crippen LogP contribution in [0.2, 0.25) is 0 Å². The normalized spacial score (nSPS) is 19.0. The number of aliphatic hydroxyl groups excluding tert-OH is 1. The van der Waals surface area contributed by atoms with Gasteiger partial charge in [0.1, 0.15) is 13.6 Å². The van der Waals surface area contributed by atoms with Crippen molar-refractivity contribution in [2.24, 2.45) is 0 Å². The highest BCUT2D eigenvalue weighted by Crippen LogP contribution is 2.33. The van der Waals surface area contributed by atoms with Crippen LogP contribution in [0.1, 0.15) is 20.3 Å². The number of rotatable bonds is 3. The summed E-state index contributed by atoms with van der Waals surface area (Å²) in [7, 11) is -2.10. The van der Waals surface area contributed by atoms with Gasteiger partial charge in [0.25, 0.3) is 0 Å². The van der Waals surface area contributed by atoms with E-state index < -0.39 is 19.3 Å². The van der Waals surface area contributed by atoms with Gasteiger partial charge in [-0.05, 0) is 13.3 Å². The molecule has 10 heavy (non-hydrogen) atoms. The summed E-state index contributed by atoms with van der Waals surface area (Å²) in [6.07, 6.45) is 0.555.